The Labute approximate surface area is 99.9 Å². The summed E-state index contributed by atoms with van der Waals surface area (Å²) < 4.78 is 11.3. The van der Waals surface area contributed by atoms with Crippen LogP contribution >= 0.6 is 0 Å². The van der Waals surface area contributed by atoms with Crippen molar-refractivity contribution in [2.45, 2.75) is 70.7 Å². The number of hydrogen-bond acceptors (Lipinski definition) is 3. The van der Waals surface area contributed by atoms with Gasteiger partial charge in [0, 0.05) is 18.7 Å². The lowest BCUT2D eigenvalue weighted by atomic mass is 9.91. The maximum Gasteiger partial charge on any atom is 0.0787 e. The maximum atomic E-state index is 6.07. The minimum Gasteiger partial charge on any atom is -0.383 e. The van der Waals surface area contributed by atoms with Gasteiger partial charge in [0.15, 0.2) is 0 Å². The lowest BCUT2D eigenvalue weighted by Gasteiger charge is -2.35. The lowest BCUT2D eigenvalue weighted by Crippen LogP contribution is -2.54. The van der Waals surface area contributed by atoms with Gasteiger partial charge in [0.25, 0.3) is 0 Å². The molecule has 1 saturated heterocycles. The predicted molar refractivity (Wildman–Crippen MR) is 66.7 cm³/mol. The van der Waals surface area contributed by atoms with Crippen LogP contribution < -0.4 is 5.32 Å². The Morgan fingerprint density at radius 3 is 2.25 bits per heavy atom. The standard InChI is InChI=1S/C13H27NO2/c1-11(2,9-15-7)14-10-8-12(3,4)16-13(10,5)6/h10,14H,8-9H2,1-7H3. The Bertz CT molecular complexity index is 246. The van der Waals surface area contributed by atoms with Gasteiger partial charge >= 0.3 is 0 Å². The Kier molecular flexibility index (Phi) is 3.73. The molecule has 1 N–H and O–H groups in total. The zero-order valence-corrected chi connectivity index (χ0v) is 11.8. The van der Waals surface area contributed by atoms with Crippen LogP contribution in [0.25, 0.3) is 0 Å². The summed E-state index contributed by atoms with van der Waals surface area (Å²) in [6.07, 6.45) is 1.03. The Balaban J connectivity index is 2.68. The van der Waals surface area contributed by atoms with E-state index in [0.29, 0.717) is 12.6 Å². The monoisotopic (exact) mass is 229 g/mol. The Hall–Kier alpha value is -0.120. The minimum atomic E-state index is -0.117. The topological polar surface area (TPSA) is 30.5 Å². The van der Waals surface area contributed by atoms with Crippen molar-refractivity contribution >= 4 is 0 Å². The van der Waals surface area contributed by atoms with Gasteiger partial charge < -0.3 is 14.8 Å². The van der Waals surface area contributed by atoms with E-state index in [2.05, 4.69) is 46.9 Å². The molecule has 1 fully saturated rings. The third-order valence-electron chi connectivity index (χ3n) is 3.14. The largest absolute Gasteiger partial charge is 0.383 e. The van der Waals surface area contributed by atoms with Crippen LogP contribution in [0.15, 0.2) is 0 Å². The van der Waals surface area contributed by atoms with Crippen molar-refractivity contribution in [1.82, 2.24) is 5.32 Å². The van der Waals surface area contributed by atoms with Crippen LogP contribution in [0.3, 0.4) is 0 Å². The summed E-state index contributed by atoms with van der Waals surface area (Å²) in [4.78, 5) is 0. The highest BCUT2D eigenvalue weighted by Crippen LogP contribution is 2.38. The maximum absolute atomic E-state index is 6.07. The van der Waals surface area contributed by atoms with Gasteiger partial charge in [-0.1, -0.05) is 0 Å². The van der Waals surface area contributed by atoms with E-state index in [0.717, 1.165) is 6.42 Å². The van der Waals surface area contributed by atoms with Gasteiger partial charge in [-0.05, 0) is 48.0 Å². The Morgan fingerprint density at radius 2 is 1.88 bits per heavy atom. The molecule has 0 bridgehead atoms. The molecule has 1 atom stereocenters. The van der Waals surface area contributed by atoms with Crippen LogP contribution in [0, 0.1) is 0 Å². The summed E-state index contributed by atoms with van der Waals surface area (Å²) in [5.41, 5.74) is -0.167. The normalized spacial score (nSPS) is 28.3. The molecule has 1 aliphatic heterocycles. The van der Waals surface area contributed by atoms with Crippen LogP contribution in [-0.4, -0.2) is 36.5 Å². The highest BCUT2D eigenvalue weighted by Gasteiger charge is 2.47. The molecule has 0 aromatic rings. The molecule has 1 heterocycles. The molecule has 0 spiro atoms. The fourth-order valence-electron chi connectivity index (χ4n) is 2.66. The van der Waals surface area contributed by atoms with Gasteiger partial charge in [0.1, 0.15) is 0 Å². The van der Waals surface area contributed by atoms with E-state index in [4.69, 9.17) is 9.47 Å². The fourth-order valence-corrected chi connectivity index (χ4v) is 2.66. The zero-order valence-electron chi connectivity index (χ0n) is 11.8. The number of rotatable bonds is 4. The number of methoxy groups -OCH3 is 1. The molecule has 3 heteroatoms. The number of nitrogens with one attached hydrogen (secondary N) is 1. The quantitative estimate of drug-likeness (QED) is 0.802. The molecular formula is C13H27NO2. The van der Waals surface area contributed by atoms with E-state index in [1.165, 1.54) is 0 Å². The first-order valence-corrected chi connectivity index (χ1v) is 6.05. The molecule has 0 amide bonds. The van der Waals surface area contributed by atoms with E-state index in [1.807, 2.05) is 0 Å². The minimum absolute atomic E-state index is 0.0134. The highest BCUT2D eigenvalue weighted by atomic mass is 16.5. The first kappa shape index (κ1) is 13.9. The van der Waals surface area contributed by atoms with Gasteiger partial charge in [0.05, 0.1) is 17.8 Å². The molecule has 1 aliphatic rings. The summed E-state index contributed by atoms with van der Waals surface area (Å²) in [7, 11) is 1.74. The smallest absolute Gasteiger partial charge is 0.0787 e. The highest BCUT2D eigenvalue weighted by molar-refractivity contribution is 5.01. The first-order chi connectivity index (χ1) is 7.08. The average Bonchev–Trinajstić information content (AvgIpc) is 2.17. The second-order valence-electron chi connectivity index (χ2n) is 6.68. The molecule has 1 unspecified atom stereocenters. The molecule has 96 valence electrons. The van der Waals surface area contributed by atoms with E-state index >= 15 is 0 Å². The number of ether oxygens (including phenoxy) is 2. The summed E-state index contributed by atoms with van der Waals surface area (Å²) in [5.74, 6) is 0. The fraction of sp³-hybridized carbons (Fsp3) is 1.00. The predicted octanol–water partition coefficient (Wildman–Crippen LogP) is 2.35. The van der Waals surface area contributed by atoms with Gasteiger partial charge in [-0.3, -0.25) is 0 Å². The third kappa shape index (κ3) is 3.44. The Morgan fingerprint density at radius 1 is 1.31 bits per heavy atom. The van der Waals surface area contributed by atoms with E-state index < -0.39 is 0 Å². The lowest BCUT2D eigenvalue weighted by molar-refractivity contribution is -0.0721. The molecule has 3 nitrogen and oxygen atoms in total. The van der Waals surface area contributed by atoms with Crippen LogP contribution in [0.4, 0.5) is 0 Å². The van der Waals surface area contributed by atoms with E-state index in [1.54, 1.807) is 7.11 Å². The number of hydrogen-bond donors (Lipinski definition) is 1. The first-order valence-electron chi connectivity index (χ1n) is 6.05. The second kappa shape index (κ2) is 4.28. The van der Waals surface area contributed by atoms with Crippen molar-refractivity contribution in [2.24, 2.45) is 0 Å². The van der Waals surface area contributed by atoms with E-state index in [9.17, 15) is 0 Å². The van der Waals surface area contributed by atoms with Crippen molar-refractivity contribution < 1.29 is 9.47 Å². The van der Waals surface area contributed by atoms with Gasteiger partial charge in [0.2, 0.25) is 0 Å². The van der Waals surface area contributed by atoms with Crippen LogP contribution in [0.5, 0.6) is 0 Å². The zero-order chi connectivity index (χ0) is 12.6. The molecule has 0 aromatic heterocycles. The third-order valence-corrected chi connectivity index (χ3v) is 3.14. The van der Waals surface area contributed by atoms with Crippen LogP contribution in [-0.2, 0) is 9.47 Å². The molecule has 0 aromatic carbocycles. The second-order valence-corrected chi connectivity index (χ2v) is 6.68. The van der Waals surface area contributed by atoms with Crippen LogP contribution in [0.1, 0.15) is 48.0 Å². The summed E-state index contributed by atoms with van der Waals surface area (Å²) in [6.45, 7) is 13.7. The van der Waals surface area contributed by atoms with Gasteiger partial charge in [-0.25, -0.2) is 0 Å². The van der Waals surface area contributed by atoms with Crippen molar-refractivity contribution in [3.05, 3.63) is 0 Å². The molecular weight excluding hydrogens is 202 g/mol. The van der Waals surface area contributed by atoms with Gasteiger partial charge in [-0.15, -0.1) is 0 Å². The van der Waals surface area contributed by atoms with Crippen molar-refractivity contribution in [3.8, 4) is 0 Å². The molecule has 0 radical (unpaired) electrons. The summed E-state index contributed by atoms with van der Waals surface area (Å²) in [5, 5.41) is 3.65. The van der Waals surface area contributed by atoms with Crippen molar-refractivity contribution in [2.75, 3.05) is 13.7 Å². The molecule has 0 aliphatic carbocycles. The molecule has 16 heavy (non-hydrogen) atoms. The van der Waals surface area contributed by atoms with E-state index in [-0.39, 0.29) is 16.7 Å². The molecule has 0 saturated carbocycles. The molecule has 1 rings (SSSR count). The average molecular weight is 229 g/mol. The SMILES string of the molecule is COCC(C)(C)NC1CC(C)(C)OC1(C)C. The van der Waals surface area contributed by atoms with Crippen molar-refractivity contribution in [1.29, 1.82) is 0 Å². The van der Waals surface area contributed by atoms with Crippen molar-refractivity contribution in [3.63, 3.8) is 0 Å². The van der Waals surface area contributed by atoms with Crippen LogP contribution in [0.2, 0.25) is 0 Å². The van der Waals surface area contributed by atoms with Gasteiger partial charge in [-0.2, -0.15) is 0 Å². The summed E-state index contributed by atoms with van der Waals surface area (Å²) >= 11 is 0. The summed E-state index contributed by atoms with van der Waals surface area (Å²) in [6, 6.07) is 0.368.